The molecule has 0 saturated carbocycles. The summed E-state index contributed by atoms with van der Waals surface area (Å²) in [4.78, 5) is 19.5. The first-order valence-corrected chi connectivity index (χ1v) is 5.61. The predicted octanol–water partition coefficient (Wildman–Crippen LogP) is 2.18. The minimum absolute atomic E-state index is 0.0779. The number of hydrogen-bond donors (Lipinski definition) is 0. The van der Waals surface area contributed by atoms with Crippen molar-refractivity contribution in [3.05, 3.63) is 18.1 Å². The molecule has 1 heterocycles. The molecule has 0 radical (unpaired) electrons. The smallest absolute Gasteiger partial charge is 0.216 e. The Bertz CT molecular complexity index is 351. The van der Waals surface area contributed by atoms with Gasteiger partial charge < -0.3 is 4.74 Å². The highest BCUT2D eigenvalue weighted by atomic mass is 16.5. The molecule has 1 rings (SSSR count). The second-order valence-corrected chi connectivity index (χ2v) is 3.98. The summed E-state index contributed by atoms with van der Waals surface area (Å²) in [6.07, 6.45) is 3.36. The lowest BCUT2D eigenvalue weighted by molar-refractivity contribution is -0.118. The van der Waals surface area contributed by atoms with E-state index in [4.69, 9.17) is 4.74 Å². The second-order valence-electron chi connectivity index (χ2n) is 3.98. The summed E-state index contributed by atoms with van der Waals surface area (Å²) in [5.41, 5.74) is 0.726. The zero-order chi connectivity index (χ0) is 12.0. The van der Waals surface area contributed by atoms with Crippen LogP contribution in [0.2, 0.25) is 0 Å². The first-order valence-electron chi connectivity index (χ1n) is 5.61. The highest BCUT2D eigenvalue weighted by Gasteiger charge is 2.06. The molecule has 0 bridgehead atoms. The number of rotatable bonds is 6. The number of hydrogen-bond acceptors (Lipinski definition) is 4. The number of carbonyl (C=O) groups is 1. The number of ketones is 1. The van der Waals surface area contributed by atoms with Gasteiger partial charge in [-0.05, 0) is 20.3 Å². The molecule has 0 aliphatic rings. The first kappa shape index (κ1) is 12.6. The van der Waals surface area contributed by atoms with Gasteiger partial charge in [0.2, 0.25) is 5.88 Å². The van der Waals surface area contributed by atoms with Crippen LogP contribution in [0.4, 0.5) is 0 Å². The van der Waals surface area contributed by atoms with Crippen molar-refractivity contribution in [2.24, 2.45) is 0 Å². The van der Waals surface area contributed by atoms with Crippen LogP contribution < -0.4 is 4.74 Å². The maximum Gasteiger partial charge on any atom is 0.216 e. The number of carbonyl (C=O) groups excluding carboxylic acids is 1. The molecular formula is C12H18N2O2. The molecule has 0 saturated heterocycles. The highest BCUT2D eigenvalue weighted by Crippen LogP contribution is 2.10. The van der Waals surface area contributed by atoms with E-state index in [-0.39, 0.29) is 11.9 Å². The van der Waals surface area contributed by atoms with E-state index in [1.54, 1.807) is 6.07 Å². The molecule has 0 unspecified atom stereocenters. The van der Waals surface area contributed by atoms with E-state index in [2.05, 4.69) is 9.97 Å². The molecular weight excluding hydrogens is 204 g/mol. The summed E-state index contributed by atoms with van der Waals surface area (Å²) in [5, 5.41) is 0. The lowest BCUT2D eigenvalue weighted by Gasteiger charge is -2.08. The Morgan fingerprint density at radius 1 is 1.44 bits per heavy atom. The average molecular weight is 222 g/mol. The molecule has 16 heavy (non-hydrogen) atoms. The van der Waals surface area contributed by atoms with Crippen LogP contribution in [0.3, 0.4) is 0 Å². The lowest BCUT2D eigenvalue weighted by Crippen LogP contribution is -2.09. The Morgan fingerprint density at radius 3 is 2.81 bits per heavy atom. The van der Waals surface area contributed by atoms with E-state index in [1.165, 1.54) is 6.33 Å². The van der Waals surface area contributed by atoms with E-state index in [9.17, 15) is 4.79 Å². The third-order valence-corrected chi connectivity index (χ3v) is 1.96. The maximum atomic E-state index is 11.4. The Hall–Kier alpha value is -1.45. The third kappa shape index (κ3) is 4.38. The molecule has 0 aliphatic carbocycles. The van der Waals surface area contributed by atoms with Crippen LogP contribution in [0.5, 0.6) is 5.88 Å². The van der Waals surface area contributed by atoms with Crippen molar-refractivity contribution < 1.29 is 9.53 Å². The second kappa shape index (κ2) is 6.20. The summed E-state index contributed by atoms with van der Waals surface area (Å²) in [6, 6.07) is 1.73. The summed E-state index contributed by atoms with van der Waals surface area (Å²) in [5.74, 6) is 0.737. The molecule has 0 aromatic carbocycles. The molecule has 88 valence electrons. The van der Waals surface area contributed by atoms with E-state index in [1.807, 2.05) is 20.8 Å². The quantitative estimate of drug-likeness (QED) is 0.740. The summed E-state index contributed by atoms with van der Waals surface area (Å²) < 4.78 is 5.43. The van der Waals surface area contributed by atoms with Gasteiger partial charge in [-0.25, -0.2) is 9.97 Å². The summed E-state index contributed by atoms with van der Waals surface area (Å²) in [7, 11) is 0. The maximum absolute atomic E-state index is 11.4. The fourth-order valence-electron chi connectivity index (χ4n) is 1.35. The van der Waals surface area contributed by atoms with Crippen LogP contribution in [0.1, 0.15) is 39.3 Å². The molecule has 0 spiro atoms. The Kier molecular flexibility index (Phi) is 4.89. The molecule has 1 aromatic rings. The van der Waals surface area contributed by atoms with Crippen molar-refractivity contribution in [1.82, 2.24) is 9.97 Å². The zero-order valence-corrected chi connectivity index (χ0v) is 10.1. The number of aromatic nitrogens is 2. The van der Waals surface area contributed by atoms with Gasteiger partial charge in [0.25, 0.3) is 0 Å². The van der Waals surface area contributed by atoms with Crippen molar-refractivity contribution in [2.45, 2.75) is 46.1 Å². The van der Waals surface area contributed by atoms with Crippen molar-refractivity contribution in [3.8, 4) is 5.88 Å². The minimum Gasteiger partial charge on any atom is -0.475 e. The fourth-order valence-corrected chi connectivity index (χ4v) is 1.35. The van der Waals surface area contributed by atoms with Gasteiger partial charge in [-0.2, -0.15) is 0 Å². The fraction of sp³-hybridized carbons (Fsp3) is 0.583. The number of Topliss-reactive ketones (excluding diaryl/α,β-unsaturated/α-hetero) is 1. The highest BCUT2D eigenvalue weighted by molar-refractivity contribution is 5.80. The van der Waals surface area contributed by atoms with Crippen molar-refractivity contribution in [2.75, 3.05) is 0 Å². The van der Waals surface area contributed by atoms with Gasteiger partial charge in [-0.3, -0.25) is 4.79 Å². The van der Waals surface area contributed by atoms with Crippen LogP contribution in [-0.4, -0.2) is 21.9 Å². The predicted molar refractivity (Wildman–Crippen MR) is 61.4 cm³/mol. The van der Waals surface area contributed by atoms with Gasteiger partial charge >= 0.3 is 0 Å². The van der Waals surface area contributed by atoms with Gasteiger partial charge in [0, 0.05) is 18.9 Å². The van der Waals surface area contributed by atoms with Crippen LogP contribution in [-0.2, 0) is 11.2 Å². The molecule has 1 aromatic heterocycles. The van der Waals surface area contributed by atoms with E-state index in [0.717, 1.165) is 12.1 Å². The molecule has 4 nitrogen and oxygen atoms in total. The normalized spacial score (nSPS) is 10.5. The molecule has 0 aliphatic heterocycles. The van der Waals surface area contributed by atoms with Crippen LogP contribution in [0.15, 0.2) is 12.4 Å². The SMILES string of the molecule is CCCC(=O)Cc1cc(OC(C)C)ncn1. The van der Waals surface area contributed by atoms with Crippen molar-refractivity contribution in [3.63, 3.8) is 0 Å². The van der Waals surface area contributed by atoms with E-state index in [0.29, 0.717) is 18.7 Å². The molecule has 0 atom stereocenters. The monoisotopic (exact) mass is 222 g/mol. The van der Waals surface area contributed by atoms with Crippen LogP contribution in [0, 0.1) is 0 Å². The third-order valence-electron chi connectivity index (χ3n) is 1.96. The van der Waals surface area contributed by atoms with Gasteiger partial charge in [0.15, 0.2) is 0 Å². The Morgan fingerprint density at radius 2 is 2.19 bits per heavy atom. The molecule has 0 fully saturated rings. The Balaban J connectivity index is 2.63. The van der Waals surface area contributed by atoms with Crippen LogP contribution in [0.25, 0.3) is 0 Å². The van der Waals surface area contributed by atoms with Crippen molar-refractivity contribution in [1.29, 1.82) is 0 Å². The zero-order valence-electron chi connectivity index (χ0n) is 10.1. The number of nitrogens with zero attached hydrogens (tertiary/aromatic N) is 2. The van der Waals surface area contributed by atoms with E-state index < -0.39 is 0 Å². The van der Waals surface area contributed by atoms with E-state index >= 15 is 0 Å². The Labute approximate surface area is 96.1 Å². The summed E-state index contributed by atoms with van der Waals surface area (Å²) in [6.45, 7) is 5.86. The molecule has 0 amide bonds. The van der Waals surface area contributed by atoms with Crippen molar-refractivity contribution >= 4 is 5.78 Å². The largest absolute Gasteiger partial charge is 0.475 e. The minimum atomic E-state index is 0.0779. The molecule has 0 N–H and O–H groups in total. The average Bonchev–Trinajstić information content (AvgIpc) is 2.17. The van der Waals surface area contributed by atoms with Gasteiger partial charge in [0.1, 0.15) is 12.1 Å². The number of ether oxygens (including phenoxy) is 1. The first-order chi connectivity index (χ1) is 7.61. The topological polar surface area (TPSA) is 52.1 Å². The van der Waals surface area contributed by atoms with Gasteiger partial charge in [-0.1, -0.05) is 6.92 Å². The summed E-state index contributed by atoms with van der Waals surface area (Å²) >= 11 is 0. The molecule has 4 heteroatoms. The van der Waals surface area contributed by atoms with Crippen LogP contribution >= 0.6 is 0 Å². The lowest BCUT2D eigenvalue weighted by atomic mass is 10.1. The standard InChI is InChI=1S/C12H18N2O2/c1-4-5-11(15)6-10-7-12(14-8-13-10)16-9(2)3/h7-9H,4-6H2,1-3H3. The van der Waals surface area contributed by atoms with Gasteiger partial charge in [-0.15, -0.1) is 0 Å². The van der Waals surface area contributed by atoms with Gasteiger partial charge in [0.05, 0.1) is 11.8 Å².